The Hall–Kier alpha value is -1.65. The van der Waals surface area contributed by atoms with E-state index in [1.165, 1.54) is 0 Å². The van der Waals surface area contributed by atoms with Gasteiger partial charge in [-0.25, -0.2) is 9.97 Å². The highest BCUT2D eigenvalue weighted by atomic mass is 16.1. The van der Waals surface area contributed by atoms with Crippen LogP contribution >= 0.6 is 0 Å². The van der Waals surface area contributed by atoms with Gasteiger partial charge >= 0.3 is 0 Å². The number of nitrogens with zero attached hydrogens (tertiary/aromatic N) is 2. The number of aryl methyl sites for hydroxylation is 1. The average molecular weight is 248 g/mol. The highest BCUT2D eigenvalue weighted by Gasteiger charge is 2.31. The van der Waals surface area contributed by atoms with Gasteiger partial charge in [0.15, 0.2) is 0 Å². The minimum absolute atomic E-state index is 0.146. The van der Waals surface area contributed by atoms with Gasteiger partial charge in [-0.3, -0.25) is 4.79 Å². The molecule has 0 radical (unpaired) electrons. The average Bonchev–Trinajstić information content (AvgIpc) is 2.59. The topological polar surface area (TPSA) is 80.9 Å². The first kappa shape index (κ1) is 12.8. The number of amides is 1. The Bertz CT molecular complexity index is 440. The molecule has 5 nitrogen and oxygen atoms in total. The van der Waals surface area contributed by atoms with Crippen LogP contribution in [0.2, 0.25) is 0 Å². The van der Waals surface area contributed by atoms with Crippen LogP contribution in [0.1, 0.15) is 42.9 Å². The maximum absolute atomic E-state index is 12.1. The number of nitrogen functional groups attached to an aromatic ring is 1. The minimum Gasteiger partial charge on any atom is -0.368 e. The van der Waals surface area contributed by atoms with Crippen LogP contribution < -0.4 is 11.1 Å². The van der Waals surface area contributed by atoms with Crippen LogP contribution in [0.15, 0.2) is 6.07 Å². The zero-order valence-corrected chi connectivity index (χ0v) is 11.1. The molecule has 98 valence electrons. The van der Waals surface area contributed by atoms with Gasteiger partial charge in [0.25, 0.3) is 5.91 Å². The predicted octanol–water partition coefficient (Wildman–Crippen LogP) is 1.53. The lowest BCUT2D eigenvalue weighted by Crippen LogP contribution is -2.37. The Balaban J connectivity index is 2.08. The lowest BCUT2D eigenvalue weighted by atomic mass is 9.98. The second-order valence-corrected chi connectivity index (χ2v) is 5.25. The second kappa shape index (κ2) is 4.92. The summed E-state index contributed by atoms with van der Waals surface area (Å²) in [6, 6.07) is 1.90. The van der Waals surface area contributed by atoms with Crippen molar-refractivity contribution < 1.29 is 4.79 Å². The van der Waals surface area contributed by atoms with Crippen LogP contribution in [0.25, 0.3) is 0 Å². The van der Waals surface area contributed by atoms with E-state index in [-0.39, 0.29) is 17.9 Å². The molecule has 1 aliphatic rings. The molecule has 1 aromatic heterocycles. The third kappa shape index (κ3) is 2.60. The number of nitrogens with one attached hydrogen (secondary N) is 1. The number of aromatic nitrogens is 2. The lowest BCUT2D eigenvalue weighted by Gasteiger charge is -2.19. The van der Waals surface area contributed by atoms with Crippen LogP contribution in [0.4, 0.5) is 5.95 Å². The highest BCUT2D eigenvalue weighted by molar-refractivity contribution is 5.92. The molecule has 2 rings (SSSR count). The van der Waals surface area contributed by atoms with E-state index in [1.807, 2.05) is 0 Å². The maximum atomic E-state index is 12.1. The van der Waals surface area contributed by atoms with E-state index in [2.05, 4.69) is 29.1 Å². The fourth-order valence-electron chi connectivity index (χ4n) is 2.52. The fraction of sp³-hybridized carbons (Fsp3) is 0.615. The normalized spacial score (nSPS) is 27.2. The molecule has 1 amide bonds. The van der Waals surface area contributed by atoms with Crippen molar-refractivity contribution in [1.29, 1.82) is 0 Å². The van der Waals surface area contributed by atoms with Crippen molar-refractivity contribution in [3.8, 4) is 0 Å². The number of nitrogens with two attached hydrogens (primary N) is 1. The molecule has 1 aliphatic carbocycles. The van der Waals surface area contributed by atoms with E-state index in [9.17, 15) is 4.79 Å². The molecule has 3 unspecified atom stereocenters. The van der Waals surface area contributed by atoms with E-state index in [0.717, 1.165) is 12.8 Å². The molecule has 1 saturated carbocycles. The van der Waals surface area contributed by atoms with Crippen molar-refractivity contribution in [3.05, 3.63) is 17.5 Å². The van der Waals surface area contributed by atoms with Crippen molar-refractivity contribution in [3.63, 3.8) is 0 Å². The Kier molecular flexibility index (Phi) is 3.50. The number of hydrogen-bond acceptors (Lipinski definition) is 4. The Morgan fingerprint density at radius 2 is 2.11 bits per heavy atom. The molecule has 3 atom stereocenters. The molecule has 1 aromatic rings. The molecule has 0 saturated heterocycles. The van der Waals surface area contributed by atoms with Gasteiger partial charge in [-0.1, -0.05) is 13.8 Å². The Morgan fingerprint density at radius 1 is 1.39 bits per heavy atom. The van der Waals surface area contributed by atoms with E-state index in [0.29, 0.717) is 23.2 Å². The molecule has 5 heteroatoms. The zero-order chi connectivity index (χ0) is 13.3. The molecule has 0 bridgehead atoms. The van der Waals surface area contributed by atoms with E-state index >= 15 is 0 Å². The van der Waals surface area contributed by atoms with Crippen molar-refractivity contribution >= 4 is 11.9 Å². The molecule has 0 aliphatic heterocycles. The maximum Gasteiger partial charge on any atom is 0.270 e. The molecular formula is C13H20N4O. The summed E-state index contributed by atoms with van der Waals surface area (Å²) < 4.78 is 0. The number of anilines is 1. The number of hydrogen-bond donors (Lipinski definition) is 2. The van der Waals surface area contributed by atoms with Gasteiger partial charge in [0.05, 0.1) is 0 Å². The molecule has 0 aromatic carbocycles. The number of rotatable bonds is 2. The molecule has 1 heterocycles. The van der Waals surface area contributed by atoms with Crippen molar-refractivity contribution in [2.24, 2.45) is 11.8 Å². The van der Waals surface area contributed by atoms with Crippen molar-refractivity contribution in [2.75, 3.05) is 5.73 Å². The van der Waals surface area contributed by atoms with E-state index in [4.69, 9.17) is 5.73 Å². The van der Waals surface area contributed by atoms with E-state index in [1.54, 1.807) is 13.0 Å². The molecular weight excluding hydrogens is 228 g/mol. The number of carbonyl (C=O) groups excluding carboxylic acids is 1. The van der Waals surface area contributed by atoms with Crippen LogP contribution in [0.3, 0.4) is 0 Å². The summed E-state index contributed by atoms with van der Waals surface area (Å²) in [5, 5.41) is 3.04. The van der Waals surface area contributed by atoms with Crippen LogP contribution in [-0.4, -0.2) is 21.9 Å². The van der Waals surface area contributed by atoms with Gasteiger partial charge in [-0.05, 0) is 37.7 Å². The van der Waals surface area contributed by atoms with Gasteiger partial charge < -0.3 is 11.1 Å². The van der Waals surface area contributed by atoms with Gasteiger partial charge in [0.2, 0.25) is 5.95 Å². The number of carbonyl (C=O) groups is 1. The van der Waals surface area contributed by atoms with Gasteiger partial charge in [0.1, 0.15) is 5.69 Å². The standard InChI is InChI=1S/C13H20N4O/c1-7-4-5-10(9(7)3)16-12(18)11-6-8(2)15-13(14)17-11/h6-7,9-10H,4-5H2,1-3H3,(H,16,18)(H2,14,15,17). The summed E-state index contributed by atoms with van der Waals surface area (Å²) in [6.45, 7) is 6.21. The molecule has 1 fully saturated rings. The first-order valence-electron chi connectivity index (χ1n) is 6.39. The SMILES string of the molecule is Cc1cc(C(=O)NC2CCC(C)C2C)nc(N)n1. The highest BCUT2D eigenvalue weighted by Crippen LogP contribution is 2.31. The summed E-state index contributed by atoms with van der Waals surface area (Å²) in [7, 11) is 0. The molecule has 3 N–H and O–H groups in total. The van der Waals surface area contributed by atoms with Crippen molar-refractivity contribution in [2.45, 2.75) is 39.7 Å². The summed E-state index contributed by atoms with van der Waals surface area (Å²) in [5.41, 5.74) is 6.61. The Morgan fingerprint density at radius 3 is 2.67 bits per heavy atom. The predicted molar refractivity (Wildman–Crippen MR) is 70.0 cm³/mol. The van der Waals surface area contributed by atoms with Crippen LogP contribution in [0, 0.1) is 18.8 Å². The van der Waals surface area contributed by atoms with Gasteiger partial charge in [0, 0.05) is 11.7 Å². The summed E-state index contributed by atoms with van der Waals surface area (Å²) >= 11 is 0. The largest absolute Gasteiger partial charge is 0.368 e. The lowest BCUT2D eigenvalue weighted by molar-refractivity contribution is 0.0922. The minimum atomic E-state index is -0.154. The first-order valence-corrected chi connectivity index (χ1v) is 6.39. The van der Waals surface area contributed by atoms with Crippen molar-refractivity contribution in [1.82, 2.24) is 15.3 Å². The Labute approximate surface area is 107 Å². The summed E-state index contributed by atoms with van der Waals surface area (Å²) in [4.78, 5) is 20.0. The second-order valence-electron chi connectivity index (χ2n) is 5.25. The molecule has 0 spiro atoms. The fourth-order valence-corrected chi connectivity index (χ4v) is 2.52. The third-order valence-electron chi connectivity index (χ3n) is 3.89. The molecule has 18 heavy (non-hydrogen) atoms. The summed E-state index contributed by atoms with van der Waals surface area (Å²) in [6.07, 6.45) is 2.20. The van der Waals surface area contributed by atoms with Gasteiger partial charge in [-0.15, -0.1) is 0 Å². The van der Waals surface area contributed by atoms with Gasteiger partial charge in [-0.2, -0.15) is 0 Å². The first-order chi connectivity index (χ1) is 8.47. The van der Waals surface area contributed by atoms with Crippen LogP contribution in [0.5, 0.6) is 0 Å². The van der Waals surface area contributed by atoms with E-state index < -0.39 is 0 Å². The smallest absolute Gasteiger partial charge is 0.270 e. The summed E-state index contributed by atoms with van der Waals surface area (Å²) in [5.74, 6) is 1.16. The zero-order valence-electron chi connectivity index (χ0n) is 11.1. The van der Waals surface area contributed by atoms with Crippen LogP contribution in [-0.2, 0) is 0 Å². The quantitative estimate of drug-likeness (QED) is 0.831. The third-order valence-corrected chi connectivity index (χ3v) is 3.89. The monoisotopic (exact) mass is 248 g/mol.